The van der Waals surface area contributed by atoms with E-state index in [-0.39, 0.29) is 4.90 Å². The third-order valence-electron chi connectivity index (χ3n) is 4.47. The van der Waals surface area contributed by atoms with E-state index in [0.717, 1.165) is 17.5 Å². The molecule has 0 radical (unpaired) electrons. The molecule has 2 aromatic carbocycles. The SMILES string of the molecule is CCc1ccc(S(=O)(=O)Nc2cccc(-c3ccc4nnc(C)n4n3)c2)cc1. The first-order chi connectivity index (χ1) is 13.5. The maximum absolute atomic E-state index is 12.7. The molecular weight excluding hydrogens is 374 g/mol. The summed E-state index contributed by atoms with van der Waals surface area (Å²) in [5.74, 6) is 0.684. The lowest BCUT2D eigenvalue weighted by Gasteiger charge is -2.10. The predicted octanol–water partition coefficient (Wildman–Crippen LogP) is 3.46. The average Bonchev–Trinajstić information content (AvgIpc) is 3.08. The second-order valence-electron chi connectivity index (χ2n) is 6.42. The van der Waals surface area contributed by atoms with E-state index in [2.05, 4.69) is 20.0 Å². The average molecular weight is 393 g/mol. The standard InChI is InChI=1S/C20H19N5O2S/c1-3-15-7-9-18(10-8-15)28(26,27)24-17-6-4-5-16(13-17)19-11-12-20-22-21-14(2)25(20)23-19/h4-13,24H,3H2,1-2H3. The minimum Gasteiger partial charge on any atom is -0.280 e. The first-order valence-electron chi connectivity index (χ1n) is 8.87. The Balaban J connectivity index is 1.64. The summed E-state index contributed by atoms with van der Waals surface area (Å²) in [6, 6.07) is 17.7. The summed E-state index contributed by atoms with van der Waals surface area (Å²) < 4.78 is 29.7. The lowest BCUT2D eigenvalue weighted by molar-refractivity contribution is 0.601. The van der Waals surface area contributed by atoms with Gasteiger partial charge in [0.2, 0.25) is 0 Å². The third kappa shape index (κ3) is 3.46. The fourth-order valence-corrected chi connectivity index (χ4v) is 3.96. The monoisotopic (exact) mass is 393 g/mol. The van der Waals surface area contributed by atoms with Gasteiger partial charge in [-0.15, -0.1) is 10.2 Å². The van der Waals surface area contributed by atoms with E-state index in [9.17, 15) is 8.42 Å². The van der Waals surface area contributed by atoms with Crippen LogP contribution in [0.2, 0.25) is 0 Å². The molecule has 4 rings (SSSR count). The molecule has 0 bridgehead atoms. The molecule has 0 unspecified atom stereocenters. The molecule has 0 aliphatic heterocycles. The van der Waals surface area contributed by atoms with Gasteiger partial charge in [-0.1, -0.05) is 31.2 Å². The first kappa shape index (κ1) is 18.1. The van der Waals surface area contributed by atoms with Crippen molar-refractivity contribution < 1.29 is 8.42 Å². The molecule has 0 saturated carbocycles. The van der Waals surface area contributed by atoms with E-state index >= 15 is 0 Å². The summed E-state index contributed by atoms with van der Waals surface area (Å²) in [5.41, 5.74) is 3.71. The van der Waals surface area contributed by atoms with Gasteiger partial charge >= 0.3 is 0 Å². The molecule has 142 valence electrons. The summed E-state index contributed by atoms with van der Waals surface area (Å²) in [4.78, 5) is 0.231. The fourth-order valence-electron chi connectivity index (χ4n) is 2.91. The van der Waals surface area contributed by atoms with Gasteiger partial charge in [-0.3, -0.25) is 4.72 Å². The van der Waals surface area contributed by atoms with Crippen LogP contribution in [-0.2, 0) is 16.4 Å². The van der Waals surface area contributed by atoms with E-state index in [4.69, 9.17) is 0 Å². The van der Waals surface area contributed by atoms with Gasteiger partial charge in [0.25, 0.3) is 10.0 Å². The van der Waals surface area contributed by atoms with Crippen molar-refractivity contribution in [2.45, 2.75) is 25.2 Å². The van der Waals surface area contributed by atoms with Crippen LogP contribution < -0.4 is 4.72 Å². The number of fused-ring (bicyclic) bond motifs is 1. The minimum atomic E-state index is -3.67. The molecule has 0 fully saturated rings. The van der Waals surface area contributed by atoms with E-state index in [1.54, 1.807) is 34.8 Å². The molecule has 8 heteroatoms. The van der Waals surface area contributed by atoms with Crippen molar-refractivity contribution in [1.29, 1.82) is 0 Å². The van der Waals surface area contributed by atoms with Gasteiger partial charge in [0, 0.05) is 11.3 Å². The van der Waals surface area contributed by atoms with E-state index in [1.165, 1.54) is 0 Å². The van der Waals surface area contributed by atoms with Crippen molar-refractivity contribution in [3.8, 4) is 11.3 Å². The molecule has 0 aliphatic rings. The summed E-state index contributed by atoms with van der Waals surface area (Å²) in [6.07, 6.45) is 0.860. The Labute approximate surface area is 163 Å². The maximum Gasteiger partial charge on any atom is 0.261 e. The summed E-state index contributed by atoms with van der Waals surface area (Å²) in [5, 5.41) is 12.6. The van der Waals surface area contributed by atoms with Crippen LogP contribution in [0.4, 0.5) is 5.69 Å². The second-order valence-corrected chi connectivity index (χ2v) is 8.10. The molecule has 7 nitrogen and oxygen atoms in total. The summed E-state index contributed by atoms with van der Waals surface area (Å²) in [7, 11) is -3.67. The zero-order valence-corrected chi connectivity index (χ0v) is 16.3. The second kappa shape index (κ2) is 7.05. The lowest BCUT2D eigenvalue weighted by Crippen LogP contribution is -2.13. The smallest absolute Gasteiger partial charge is 0.261 e. The fraction of sp³-hybridized carbons (Fsp3) is 0.150. The Morgan fingerprint density at radius 3 is 2.54 bits per heavy atom. The number of anilines is 1. The van der Waals surface area contributed by atoms with Crippen LogP contribution >= 0.6 is 0 Å². The Morgan fingerprint density at radius 1 is 1.00 bits per heavy atom. The van der Waals surface area contributed by atoms with Crippen molar-refractivity contribution in [3.63, 3.8) is 0 Å². The van der Waals surface area contributed by atoms with Crippen molar-refractivity contribution in [2.24, 2.45) is 0 Å². The normalized spacial score (nSPS) is 11.6. The van der Waals surface area contributed by atoms with Gasteiger partial charge in [-0.25, -0.2) is 8.42 Å². The van der Waals surface area contributed by atoms with Crippen LogP contribution in [0.1, 0.15) is 18.3 Å². The van der Waals surface area contributed by atoms with Crippen LogP contribution in [-0.4, -0.2) is 28.2 Å². The van der Waals surface area contributed by atoms with E-state index in [1.807, 2.05) is 44.2 Å². The van der Waals surface area contributed by atoms with Gasteiger partial charge in [0.05, 0.1) is 10.6 Å². The lowest BCUT2D eigenvalue weighted by atomic mass is 10.1. The number of aryl methyl sites for hydroxylation is 2. The summed E-state index contributed by atoms with van der Waals surface area (Å²) in [6.45, 7) is 3.85. The molecule has 2 aromatic heterocycles. The van der Waals surface area contributed by atoms with Gasteiger partial charge in [-0.05, 0) is 55.3 Å². The Morgan fingerprint density at radius 2 is 1.79 bits per heavy atom. The highest BCUT2D eigenvalue weighted by Crippen LogP contribution is 2.23. The highest BCUT2D eigenvalue weighted by Gasteiger charge is 2.15. The molecule has 1 N–H and O–H groups in total. The molecule has 2 heterocycles. The van der Waals surface area contributed by atoms with Crippen molar-refractivity contribution >= 4 is 21.4 Å². The van der Waals surface area contributed by atoms with Gasteiger partial charge in [0.15, 0.2) is 11.5 Å². The predicted molar refractivity (Wildman–Crippen MR) is 108 cm³/mol. The number of hydrogen-bond donors (Lipinski definition) is 1. The zero-order chi connectivity index (χ0) is 19.7. The number of benzene rings is 2. The molecule has 0 aliphatic carbocycles. The van der Waals surface area contributed by atoms with Crippen molar-refractivity contribution in [3.05, 3.63) is 72.1 Å². The van der Waals surface area contributed by atoms with Crippen LogP contribution in [0.15, 0.2) is 65.6 Å². The molecule has 0 atom stereocenters. The van der Waals surface area contributed by atoms with Gasteiger partial charge < -0.3 is 0 Å². The summed E-state index contributed by atoms with van der Waals surface area (Å²) >= 11 is 0. The molecule has 28 heavy (non-hydrogen) atoms. The largest absolute Gasteiger partial charge is 0.280 e. The van der Waals surface area contributed by atoms with Crippen LogP contribution in [0, 0.1) is 6.92 Å². The number of sulfonamides is 1. The van der Waals surface area contributed by atoms with Crippen LogP contribution in [0.5, 0.6) is 0 Å². The highest BCUT2D eigenvalue weighted by atomic mass is 32.2. The number of rotatable bonds is 5. The first-order valence-corrected chi connectivity index (χ1v) is 10.4. The third-order valence-corrected chi connectivity index (χ3v) is 5.87. The number of hydrogen-bond acceptors (Lipinski definition) is 5. The van der Waals surface area contributed by atoms with Gasteiger partial charge in [0.1, 0.15) is 0 Å². The number of nitrogens with zero attached hydrogens (tertiary/aromatic N) is 4. The van der Waals surface area contributed by atoms with Crippen LogP contribution in [0.25, 0.3) is 16.9 Å². The Kier molecular flexibility index (Phi) is 4.56. The maximum atomic E-state index is 12.7. The van der Waals surface area contributed by atoms with Gasteiger partial charge in [-0.2, -0.15) is 9.61 Å². The Hall–Kier alpha value is -3.26. The molecule has 4 aromatic rings. The highest BCUT2D eigenvalue weighted by molar-refractivity contribution is 7.92. The molecule has 0 spiro atoms. The zero-order valence-electron chi connectivity index (χ0n) is 15.5. The molecular formula is C20H19N5O2S. The number of aromatic nitrogens is 4. The van der Waals surface area contributed by atoms with E-state index < -0.39 is 10.0 Å². The molecule has 0 saturated heterocycles. The van der Waals surface area contributed by atoms with Crippen LogP contribution in [0.3, 0.4) is 0 Å². The quantitative estimate of drug-likeness (QED) is 0.561. The Bertz CT molecular complexity index is 1250. The topological polar surface area (TPSA) is 89.2 Å². The van der Waals surface area contributed by atoms with Crippen molar-refractivity contribution in [1.82, 2.24) is 19.8 Å². The van der Waals surface area contributed by atoms with E-state index in [0.29, 0.717) is 22.9 Å². The molecule has 0 amide bonds. The minimum absolute atomic E-state index is 0.231. The van der Waals surface area contributed by atoms with Crippen molar-refractivity contribution in [2.75, 3.05) is 4.72 Å². The number of nitrogens with one attached hydrogen (secondary N) is 1.